The molecule has 0 radical (unpaired) electrons. The van der Waals surface area contributed by atoms with Crippen molar-refractivity contribution in [1.82, 2.24) is 20.4 Å². The SMILES string of the molecule is CC(NC(=NCC(=O)N(C)C)NC1CC2CCCC(C1)N2C)c1ccccc1. The molecule has 6 heteroatoms. The number of carbonyl (C=O) groups is 1. The summed E-state index contributed by atoms with van der Waals surface area (Å²) in [5.41, 5.74) is 1.20. The maximum absolute atomic E-state index is 12.1. The van der Waals surface area contributed by atoms with E-state index in [2.05, 4.69) is 46.6 Å². The minimum atomic E-state index is 0.00807. The molecule has 2 fully saturated rings. The average Bonchev–Trinajstić information content (AvgIpc) is 2.67. The van der Waals surface area contributed by atoms with Crippen LogP contribution in [0.15, 0.2) is 35.3 Å². The summed E-state index contributed by atoms with van der Waals surface area (Å²) in [6.07, 6.45) is 6.17. The van der Waals surface area contributed by atoms with E-state index in [9.17, 15) is 4.79 Å². The molecule has 2 aliphatic heterocycles. The van der Waals surface area contributed by atoms with Crippen LogP contribution in [-0.2, 0) is 4.79 Å². The zero-order chi connectivity index (χ0) is 20.1. The van der Waals surface area contributed by atoms with E-state index < -0.39 is 0 Å². The van der Waals surface area contributed by atoms with Crippen LogP contribution in [0.1, 0.15) is 50.6 Å². The number of amides is 1. The first-order valence-electron chi connectivity index (χ1n) is 10.5. The van der Waals surface area contributed by atoms with Crippen molar-refractivity contribution in [2.75, 3.05) is 27.7 Å². The molecule has 1 amide bonds. The number of rotatable bonds is 5. The Morgan fingerprint density at radius 1 is 1.21 bits per heavy atom. The first-order valence-corrected chi connectivity index (χ1v) is 10.5. The Morgan fingerprint density at radius 3 is 2.46 bits per heavy atom. The van der Waals surface area contributed by atoms with Gasteiger partial charge in [-0.1, -0.05) is 36.8 Å². The van der Waals surface area contributed by atoms with Crippen LogP contribution in [0.4, 0.5) is 0 Å². The Hall–Kier alpha value is -2.08. The van der Waals surface area contributed by atoms with Gasteiger partial charge in [0.05, 0.1) is 6.04 Å². The van der Waals surface area contributed by atoms with E-state index in [1.54, 1.807) is 19.0 Å². The molecule has 6 nitrogen and oxygen atoms in total. The van der Waals surface area contributed by atoms with E-state index in [4.69, 9.17) is 0 Å². The summed E-state index contributed by atoms with van der Waals surface area (Å²) < 4.78 is 0. The molecule has 1 aromatic carbocycles. The van der Waals surface area contributed by atoms with Crippen LogP contribution in [0.2, 0.25) is 0 Å². The normalized spacial score (nSPS) is 26.4. The van der Waals surface area contributed by atoms with Gasteiger partial charge >= 0.3 is 0 Å². The topological polar surface area (TPSA) is 60.0 Å². The Morgan fingerprint density at radius 2 is 1.86 bits per heavy atom. The summed E-state index contributed by atoms with van der Waals surface area (Å²) in [6.45, 7) is 2.28. The van der Waals surface area contributed by atoms with Crippen LogP contribution in [0.25, 0.3) is 0 Å². The lowest BCUT2D eigenvalue weighted by atomic mass is 9.82. The molecule has 3 unspecified atom stereocenters. The number of likely N-dealkylation sites (N-methyl/N-ethyl adjacent to an activating group) is 1. The molecular weight excluding hydrogens is 350 g/mol. The average molecular weight is 386 g/mol. The van der Waals surface area contributed by atoms with Crippen molar-refractivity contribution in [3.63, 3.8) is 0 Å². The number of carbonyl (C=O) groups excluding carboxylic acids is 1. The molecule has 3 atom stereocenters. The fraction of sp³-hybridized carbons (Fsp3) is 0.636. The van der Waals surface area contributed by atoms with Gasteiger partial charge in [0.1, 0.15) is 6.54 Å². The van der Waals surface area contributed by atoms with Crippen molar-refractivity contribution in [2.24, 2.45) is 4.99 Å². The van der Waals surface area contributed by atoms with Crippen molar-refractivity contribution in [3.8, 4) is 0 Å². The van der Waals surface area contributed by atoms with Gasteiger partial charge < -0.3 is 20.4 Å². The second-order valence-corrected chi connectivity index (χ2v) is 8.45. The van der Waals surface area contributed by atoms with E-state index in [1.165, 1.54) is 24.8 Å². The standard InChI is InChI=1S/C22H35N5O/c1-16(17-9-6-5-7-10-17)24-22(23-15-21(28)26(2)3)25-18-13-19-11-8-12-20(14-18)27(19)4/h5-7,9-10,16,18-20H,8,11-15H2,1-4H3,(H2,23,24,25). The Labute approximate surface area is 169 Å². The molecule has 2 aliphatic rings. The fourth-order valence-corrected chi connectivity index (χ4v) is 4.38. The number of piperidine rings is 2. The Bertz CT molecular complexity index is 661. The largest absolute Gasteiger partial charge is 0.354 e. The van der Waals surface area contributed by atoms with E-state index in [0.29, 0.717) is 18.1 Å². The predicted octanol–water partition coefficient (Wildman–Crippen LogP) is 2.39. The minimum absolute atomic E-state index is 0.00807. The summed E-state index contributed by atoms with van der Waals surface area (Å²) >= 11 is 0. The summed E-state index contributed by atoms with van der Waals surface area (Å²) in [4.78, 5) is 20.8. The van der Waals surface area contributed by atoms with Crippen molar-refractivity contribution in [3.05, 3.63) is 35.9 Å². The third-order valence-electron chi connectivity index (χ3n) is 6.20. The van der Waals surface area contributed by atoms with Gasteiger partial charge in [0, 0.05) is 32.2 Å². The molecule has 1 aromatic rings. The molecule has 3 rings (SSSR count). The Balaban J connectivity index is 1.69. The molecule has 2 N–H and O–H groups in total. The zero-order valence-electron chi connectivity index (χ0n) is 17.7. The quantitative estimate of drug-likeness (QED) is 0.604. The highest BCUT2D eigenvalue weighted by molar-refractivity contribution is 5.85. The minimum Gasteiger partial charge on any atom is -0.354 e. The van der Waals surface area contributed by atoms with Crippen LogP contribution in [-0.4, -0.2) is 67.5 Å². The third kappa shape index (κ3) is 5.25. The van der Waals surface area contributed by atoms with Gasteiger partial charge in [-0.25, -0.2) is 4.99 Å². The van der Waals surface area contributed by atoms with Gasteiger partial charge in [-0.05, 0) is 45.2 Å². The predicted molar refractivity (Wildman–Crippen MR) is 114 cm³/mol. The first kappa shape index (κ1) is 20.6. The summed E-state index contributed by atoms with van der Waals surface area (Å²) in [5.74, 6) is 0.743. The molecule has 0 aliphatic carbocycles. The highest BCUT2D eigenvalue weighted by atomic mass is 16.2. The van der Waals surface area contributed by atoms with Gasteiger partial charge in [0.2, 0.25) is 5.91 Å². The highest BCUT2D eigenvalue weighted by Crippen LogP contribution is 2.32. The molecule has 0 aromatic heterocycles. The summed E-state index contributed by atoms with van der Waals surface area (Å²) in [5, 5.41) is 7.15. The fourth-order valence-electron chi connectivity index (χ4n) is 4.38. The number of fused-ring (bicyclic) bond motifs is 2. The van der Waals surface area contributed by atoms with Crippen molar-refractivity contribution in [2.45, 2.75) is 63.2 Å². The van der Waals surface area contributed by atoms with Gasteiger partial charge in [-0.2, -0.15) is 0 Å². The molecule has 0 spiro atoms. The van der Waals surface area contributed by atoms with E-state index in [1.807, 2.05) is 18.2 Å². The number of nitrogens with zero attached hydrogens (tertiary/aromatic N) is 3. The maximum Gasteiger partial charge on any atom is 0.243 e. The number of hydrogen-bond acceptors (Lipinski definition) is 3. The van der Waals surface area contributed by atoms with Crippen molar-refractivity contribution in [1.29, 1.82) is 0 Å². The van der Waals surface area contributed by atoms with Crippen molar-refractivity contribution < 1.29 is 4.79 Å². The smallest absolute Gasteiger partial charge is 0.243 e. The number of nitrogens with one attached hydrogen (secondary N) is 2. The summed E-state index contributed by atoms with van der Waals surface area (Å²) in [6, 6.07) is 12.2. The van der Waals surface area contributed by atoms with E-state index in [0.717, 1.165) is 18.8 Å². The lowest BCUT2D eigenvalue weighted by molar-refractivity contribution is -0.127. The second-order valence-electron chi connectivity index (χ2n) is 8.45. The van der Waals surface area contributed by atoms with E-state index >= 15 is 0 Å². The first-order chi connectivity index (χ1) is 13.4. The maximum atomic E-state index is 12.1. The molecule has 2 saturated heterocycles. The van der Waals surface area contributed by atoms with Gasteiger partial charge in [0.25, 0.3) is 0 Å². The van der Waals surface area contributed by atoms with Crippen molar-refractivity contribution >= 4 is 11.9 Å². The van der Waals surface area contributed by atoms with Crippen LogP contribution in [0.5, 0.6) is 0 Å². The van der Waals surface area contributed by atoms with Gasteiger partial charge in [-0.3, -0.25) is 4.79 Å². The van der Waals surface area contributed by atoms with Crippen LogP contribution < -0.4 is 10.6 Å². The number of guanidine groups is 1. The lowest BCUT2D eigenvalue weighted by Crippen LogP contribution is -2.56. The lowest BCUT2D eigenvalue weighted by Gasteiger charge is -2.47. The molecule has 2 heterocycles. The highest BCUT2D eigenvalue weighted by Gasteiger charge is 2.36. The van der Waals surface area contributed by atoms with Crippen LogP contribution >= 0.6 is 0 Å². The molecule has 0 saturated carbocycles. The monoisotopic (exact) mass is 385 g/mol. The molecule has 2 bridgehead atoms. The molecular formula is C22H35N5O. The number of aliphatic imine (C=N–C) groups is 1. The van der Waals surface area contributed by atoms with Crippen LogP contribution in [0, 0.1) is 0 Å². The Kier molecular flexibility index (Phi) is 6.94. The summed E-state index contributed by atoms with van der Waals surface area (Å²) in [7, 11) is 5.80. The number of benzene rings is 1. The molecule has 28 heavy (non-hydrogen) atoms. The second kappa shape index (κ2) is 9.41. The van der Waals surface area contributed by atoms with E-state index in [-0.39, 0.29) is 18.5 Å². The third-order valence-corrected chi connectivity index (χ3v) is 6.20. The van der Waals surface area contributed by atoms with Crippen LogP contribution in [0.3, 0.4) is 0 Å². The van der Waals surface area contributed by atoms with Gasteiger partial charge in [0.15, 0.2) is 5.96 Å². The zero-order valence-corrected chi connectivity index (χ0v) is 17.7. The van der Waals surface area contributed by atoms with Gasteiger partial charge in [-0.15, -0.1) is 0 Å². The number of hydrogen-bond donors (Lipinski definition) is 2. The molecule has 154 valence electrons.